The molecular formula is C13H27NO. The molecule has 0 spiro atoms. The summed E-state index contributed by atoms with van der Waals surface area (Å²) in [5, 5.41) is 10.1. The predicted molar refractivity (Wildman–Crippen MR) is 64.9 cm³/mol. The third-order valence-corrected chi connectivity index (χ3v) is 3.91. The van der Waals surface area contributed by atoms with E-state index in [1.807, 2.05) is 0 Å². The molecule has 1 unspecified atom stereocenters. The third-order valence-electron chi connectivity index (χ3n) is 3.91. The minimum atomic E-state index is -0.117. The second kappa shape index (κ2) is 6.49. The summed E-state index contributed by atoms with van der Waals surface area (Å²) in [6.45, 7) is 9.93. The monoisotopic (exact) mass is 213 g/mol. The molecule has 1 fully saturated rings. The van der Waals surface area contributed by atoms with Crippen molar-refractivity contribution in [1.82, 2.24) is 4.90 Å². The zero-order chi connectivity index (χ0) is 11.3. The van der Waals surface area contributed by atoms with E-state index in [9.17, 15) is 5.11 Å². The lowest BCUT2D eigenvalue weighted by atomic mass is 9.94. The molecule has 1 atom stereocenters. The van der Waals surface area contributed by atoms with Gasteiger partial charge in [0.1, 0.15) is 0 Å². The van der Waals surface area contributed by atoms with Crippen LogP contribution in [0.15, 0.2) is 0 Å². The van der Waals surface area contributed by atoms with Crippen molar-refractivity contribution in [1.29, 1.82) is 0 Å². The summed E-state index contributed by atoms with van der Waals surface area (Å²) in [5.74, 6) is 1.37. The topological polar surface area (TPSA) is 23.5 Å². The van der Waals surface area contributed by atoms with Gasteiger partial charge in [0.25, 0.3) is 0 Å². The molecule has 0 aromatic heterocycles. The van der Waals surface area contributed by atoms with Gasteiger partial charge in [0.2, 0.25) is 0 Å². The standard InChI is InChI=1S/C13H27NO/c1-4-12(5-2)13(15)10-14-8-6-11(3)7-9-14/h11-13,15H,4-10H2,1-3H3. The van der Waals surface area contributed by atoms with Gasteiger partial charge in [0, 0.05) is 6.54 Å². The molecule has 1 rings (SSSR count). The summed E-state index contributed by atoms with van der Waals surface area (Å²) in [5.41, 5.74) is 0. The molecule has 2 nitrogen and oxygen atoms in total. The van der Waals surface area contributed by atoms with Crippen LogP contribution >= 0.6 is 0 Å². The van der Waals surface area contributed by atoms with Gasteiger partial charge in [-0.1, -0.05) is 33.6 Å². The zero-order valence-corrected chi connectivity index (χ0v) is 10.6. The molecule has 1 heterocycles. The van der Waals surface area contributed by atoms with Gasteiger partial charge in [0.05, 0.1) is 6.10 Å². The van der Waals surface area contributed by atoms with E-state index >= 15 is 0 Å². The van der Waals surface area contributed by atoms with E-state index in [4.69, 9.17) is 0 Å². The largest absolute Gasteiger partial charge is 0.392 e. The van der Waals surface area contributed by atoms with E-state index in [1.165, 1.54) is 25.9 Å². The van der Waals surface area contributed by atoms with Gasteiger partial charge in [-0.3, -0.25) is 0 Å². The quantitative estimate of drug-likeness (QED) is 0.758. The van der Waals surface area contributed by atoms with E-state index < -0.39 is 0 Å². The summed E-state index contributed by atoms with van der Waals surface area (Å²) in [4.78, 5) is 2.43. The minimum Gasteiger partial charge on any atom is -0.392 e. The molecule has 0 radical (unpaired) electrons. The first-order valence-electron chi connectivity index (χ1n) is 6.57. The normalized spacial score (nSPS) is 22.2. The number of aliphatic hydroxyl groups is 1. The highest BCUT2D eigenvalue weighted by Gasteiger charge is 2.21. The van der Waals surface area contributed by atoms with Gasteiger partial charge in [-0.15, -0.1) is 0 Å². The molecule has 0 aliphatic carbocycles. The maximum Gasteiger partial charge on any atom is 0.0695 e. The van der Waals surface area contributed by atoms with Gasteiger partial charge in [0.15, 0.2) is 0 Å². The lowest BCUT2D eigenvalue weighted by Crippen LogP contribution is -2.40. The predicted octanol–water partition coefficient (Wildman–Crippen LogP) is 2.52. The molecule has 90 valence electrons. The Hall–Kier alpha value is -0.0800. The van der Waals surface area contributed by atoms with Crippen molar-refractivity contribution in [3.8, 4) is 0 Å². The highest BCUT2D eigenvalue weighted by molar-refractivity contribution is 4.75. The number of aliphatic hydroxyl groups excluding tert-OH is 1. The molecule has 0 bridgehead atoms. The number of rotatable bonds is 5. The molecule has 0 amide bonds. The van der Waals surface area contributed by atoms with Crippen LogP contribution in [0.2, 0.25) is 0 Å². The molecule has 1 N–H and O–H groups in total. The SMILES string of the molecule is CCC(CC)C(O)CN1CCC(C)CC1. The summed E-state index contributed by atoms with van der Waals surface area (Å²) < 4.78 is 0. The Bertz CT molecular complexity index is 160. The zero-order valence-electron chi connectivity index (χ0n) is 10.6. The molecule has 0 aromatic carbocycles. The molecule has 15 heavy (non-hydrogen) atoms. The maximum absolute atomic E-state index is 10.1. The smallest absolute Gasteiger partial charge is 0.0695 e. The fraction of sp³-hybridized carbons (Fsp3) is 1.00. The molecule has 0 aromatic rings. The van der Waals surface area contributed by atoms with Crippen LogP contribution in [0.4, 0.5) is 0 Å². The number of nitrogens with zero attached hydrogens (tertiary/aromatic N) is 1. The van der Waals surface area contributed by atoms with Crippen LogP contribution in [0.5, 0.6) is 0 Å². The first-order valence-corrected chi connectivity index (χ1v) is 6.57. The van der Waals surface area contributed by atoms with E-state index in [0.717, 1.165) is 25.3 Å². The Kier molecular flexibility index (Phi) is 5.62. The van der Waals surface area contributed by atoms with Gasteiger partial charge in [-0.05, 0) is 37.8 Å². The third kappa shape index (κ3) is 4.12. The lowest BCUT2D eigenvalue weighted by molar-refractivity contribution is 0.0480. The number of likely N-dealkylation sites (tertiary alicyclic amines) is 1. The number of piperidine rings is 1. The van der Waals surface area contributed by atoms with Crippen LogP contribution in [-0.4, -0.2) is 35.7 Å². The van der Waals surface area contributed by atoms with Crippen LogP contribution in [0.3, 0.4) is 0 Å². The molecular weight excluding hydrogens is 186 g/mol. The van der Waals surface area contributed by atoms with Crippen molar-refractivity contribution >= 4 is 0 Å². The van der Waals surface area contributed by atoms with Crippen molar-refractivity contribution in [2.75, 3.05) is 19.6 Å². The Morgan fingerprint density at radius 1 is 1.20 bits per heavy atom. The Morgan fingerprint density at radius 2 is 1.73 bits per heavy atom. The van der Waals surface area contributed by atoms with Gasteiger partial charge < -0.3 is 10.0 Å². The molecule has 1 aliphatic heterocycles. The van der Waals surface area contributed by atoms with E-state index in [0.29, 0.717) is 5.92 Å². The fourth-order valence-electron chi connectivity index (χ4n) is 2.49. The van der Waals surface area contributed by atoms with E-state index in [1.54, 1.807) is 0 Å². The van der Waals surface area contributed by atoms with Crippen molar-refractivity contribution in [3.63, 3.8) is 0 Å². The fourth-order valence-corrected chi connectivity index (χ4v) is 2.49. The maximum atomic E-state index is 10.1. The first-order chi connectivity index (χ1) is 7.17. The van der Waals surface area contributed by atoms with Crippen molar-refractivity contribution in [2.24, 2.45) is 11.8 Å². The van der Waals surface area contributed by atoms with Crippen LogP contribution in [0.1, 0.15) is 46.5 Å². The van der Waals surface area contributed by atoms with Crippen molar-refractivity contribution in [3.05, 3.63) is 0 Å². The Balaban J connectivity index is 2.28. The highest BCUT2D eigenvalue weighted by Crippen LogP contribution is 2.19. The molecule has 1 saturated heterocycles. The van der Waals surface area contributed by atoms with Crippen molar-refractivity contribution < 1.29 is 5.11 Å². The minimum absolute atomic E-state index is 0.117. The average molecular weight is 213 g/mol. The van der Waals surface area contributed by atoms with Crippen molar-refractivity contribution in [2.45, 2.75) is 52.6 Å². The summed E-state index contributed by atoms with van der Waals surface area (Å²) >= 11 is 0. The molecule has 1 aliphatic rings. The summed E-state index contributed by atoms with van der Waals surface area (Å²) in [7, 11) is 0. The summed E-state index contributed by atoms with van der Waals surface area (Å²) in [6, 6.07) is 0. The van der Waals surface area contributed by atoms with Gasteiger partial charge in [-0.25, -0.2) is 0 Å². The van der Waals surface area contributed by atoms with E-state index in [-0.39, 0.29) is 6.10 Å². The molecule has 0 saturated carbocycles. The lowest BCUT2D eigenvalue weighted by Gasteiger charge is -2.33. The van der Waals surface area contributed by atoms with Crippen LogP contribution in [0.25, 0.3) is 0 Å². The van der Waals surface area contributed by atoms with Crippen LogP contribution < -0.4 is 0 Å². The average Bonchev–Trinajstić information content (AvgIpc) is 2.23. The highest BCUT2D eigenvalue weighted by atomic mass is 16.3. The van der Waals surface area contributed by atoms with Gasteiger partial charge in [-0.2, -0.15) is 0 Å². The molecule has 2 heteroatoms. The Morgan fingerprint density at radius 3 is 2.20 bits per heavy atom. The Labute approximate surface area is 94.7 Å². The number of β-amino-alcohol motifs (C(OH)–C–C–N with tert-alkyl or cyclic N) is 1. The second-order valence-electron chi connectivity index (χ2n) is 5.13. The second-order valence-corrected chi connectivity index (χ2v) is 5.13. The number of hydrogen-bond donors (Lipinski definition) is 1. The van der Waals surface area contributed by atoms with Gasteiger partial charge >= 0.3 is 0 Å². The summed E-state index contributed by atoms with van der Waals surface area (Å²) in [6.07, 6.45) is 4.68. The first kappa shape index (κ1) is 13.0. The van der Waals surface area contributed by atoms with Crippen LogP contribution in [0, 0.1) is 11.8 Å². The number of hydrogen-bond acceptors (Lipinski definition) is 2. The van der Waals surface area contributed by atoms with Crippen LogP contribution in [-0.2, 0) is 0 Å². The van der Waals surface area contributed by atoms with E-state index in [2.05, 4.69) is 25.7 Å².